The van der Waals surface area contributed by atoms with Gasteiger partial charge in [-0.25, -0.2) is 13.1 Å². The first-order valence-corrected chi connectivity index (χ1v) is 8.36. The lowest BCUT2D eigenvalue weighted by Gasteiger charge is -2.28. The molecule has 0 amide bonds. The number of hydrogen-bond acceptors (Lipinski definition) is 4. The summed E-state index contributed by atoms with van der Waals surface area (Å²) in [6.45, 7) is 0.287. The van der Waals surface area contributed by atoms with E-state index in [0.29, 0.717) is 5.02 Å². The van der Waals surface area contributed by atoms with E-state index in [1.165, 1.54) is 13.2 Å². The largest absolute Gasteiger partial charge is 0.495 e. The van der Waals surface area contributed by atoms with Crippen molar-refractivity contribution in [2.24, 2.45) is 5.73 Å². The van der Waals surface area contributed by atoms with E-state index in [1.807, 2.05) is 0 Å². The Morgan fingerprint density at radius 2 is 2.05 bits per heavy atom. The summed E-state index contributed by atoms with van der Waals surface area (Å²) < 4.78 is 33.0. The van der Waals surface area contributed by atoms with Crippen molar-refractivity contribution in [2.75, 3.05) is 13.7 Å². The second-order valence-electron chi connectivity index (χ2n) is 5.09. The molecular formula is C13H19ClN2O3S. The highest BCUT2D eigenvalue weighted by atomic mass is 35.5. The van der Waals surface area contributed by atoms with Crippen molar-refractivity contribution < 1.29 is 13.2 Å². The van der Waals surface area contributed by atoms with E-state index >= 15 is 0 Å². The highest BCUT2D eigenvalue weighted by Gasteiger charge is 2.37. The van der Waals surface area contributed by atoms with Gasteiger partial charge in [0, 0.05) is 17.1 Å². The van der Waals surface area contributed by atoms with Crippen molar-refractivity contribution >= 4 is 21.6 Å². The number of nitrogens with one attached hydrogen (secondary N) is 1. The molecule has 0 radical (unpaired) electrons. The van der Waals surface area contributed by atoms with Gasteiger partial charge in [0.25, 0.3) is 0 Å². The van der Waals surface area contributed by atoms with Gasteiger partial charge in [-0.2, -0.15) is 0 Å². The molecule has 0 heterocycles. The highest BCUT2D eigenvalue weighted by molar-refractivity contribution is 7.89. The lowest BCUT2D eigenvalue weighted by molar-refractivity contribution is 0.389. The summed E-state index contributed by atoms with van der Waals surface area (Å²) in [6, 6.07) is 4.52. The smallest absolute Gasteiger partial charge is 0.244 e. The van der Waals surface area contributed by atoms with Crippen LogP contribution in [-0.2, 0) is 10.0 Å². The van der Waals surface area contributed by atoms with Crippen LogP contribution in [0, 0.1) is 0 Å². The molecule has 5 nitrogen and oxygen atoms in total. The van der Waals surface area contributed by atoms with Crippen molar-refractivity contribution in [3.8, 4) is 5.75 Å². The number of hydrogen-bond donors (Lipinski definition) is 2. The van der Waals surface area contributed by atoms with Crippen LogP contribution < -0.4 is 15.2 Å². The molecule has 0 saturated heterocycles. The third-order valence-corrected chi connectivity index (χ3v) is 5.55. The Morgan fingerprint density at radius 3 is 2.60 bits per heavy atom. The molecule has 0 aromatic heterocycles. The van der Waals surface area contributed by atoms with Crippen LogP contribution in [0.25, 0.3) is 0 Å². The monoisotopic (exact) mass is 318 g/mol. The minimum absolute atomic E-state index is 0.0484. The molecule has 0 atom stereocenters. The van der Waals surface area contributed by atoms with Gasteiger partial charge < -0.3 is 10.5 Å². The van der Waals surface area contributed by atoms with Crippen LogP contribution in [-0.4, -0.2) is 27.6 Å². The van der Waals surface area contributed by atoms with Gasteiger partial charge in [0.05, 0.1) is 7.11 Å². The lowest BCUT2D eigenvalue weighted by atomic mass is 10.0. The lowest BCUT2D eigenvalue weighted by Crippen LogP contribution is -2.51. The molecule has 20 heavy (non-hydrogen) atoms. The number of ether oxygens (including phenoxy) is 1. The molecule has 1 aliphatic rings. The zero-order valence-electron chi connectivity index (χ0n) is 11.4. The number of rotatable bonds is 5. The minimum atomic E-state index is -3.72. The third-order valence-electron chi connectivity index (χ3n) is 3.72. The maximum Gasteiger partial charge on any atom is 0.244 e. The predicted molar refractivity (Wildman–Crippen MR) is 78.6 cm³/mol. The Labute approximate surface area is 124 Å². The molecule has 112 valence electrons. The number of methoxy groups -OCH3 is 1. The summed E-state index contributed by atoms with van der Waals surface area (Å²) in [5.41, 5.74) is 5.22. The fraction of sp³-hybridized carbons (Fsp3) is 0.538. The number of nitrogens with two attached hydrogens (primary N) is 1. The van der Waals surface area contributed by atoms with Crippen molar-refractivity contribution in [3.05, 3.63) is 23.2 Å². The summed E-state index contributed by atoms with van der Waals surface area (Å²) in [5, 5.41) is 0.347. The summed E-state index contributed by atoms with van der Waals surface area (Å²) in [7, 11) is -2.29. The van der Waals surface area contributed by atoms with Crippen LogP contribution in [0.2, 0.25) is 5.02 Å². The average molecular weight is 319 g/mol. The molecule has 1 aromatic rings. The van der Waals surface area contributed by atoms with Gasteiger partial charge >= 0.3 is 0 Å². The number of sulfonamides is 1. The first-order chi connectivity index (χ1) is 9.42. The van der Waals surface area contributed by atoms with Crippen molar-refractivity contribution in [1.82, 2.24) is 4.72 Å². The van der Waals surface area contributed by atoms with Gasteiger partial charge in [0.1, 0.15) is 10.6 Å². The van der Waals surface area contributed by atoms with Gasteiger partial charge in [-0.1, -0.05) is 24.4 Å². The van der Waals surface area contributed by atoms with Crippen LogP contribution >= 0.6 is 11.6 Å². The van der Waals surface area contributed by atoms with E-state index in [-0.39, 0.29) is 17.2 Å². The topological polar surface area (TPSA) is 81.4 Å². The summed E-state index contributed by atoms with van der Waals surface area (Å²) in [6.07, 6.45) is 3.47. The fourth-order valence-electron chi connectivity index (χ4n) is 2.60. The maximum absolute atomic E-state index is 12.6. The van der Waals surface area contributed by atoms with Crippen molar-refractivity contribution in [1.29, 1.82) is 0 Å². The first kappa shape index (κ1) is 15.6. The Morgan fingerprint density at radius 1 is 1.40 bits per heavy atom. The predicted octanol–water partition coefficient (Wildman–Crippen LogP) is 1.90. The Hall–Kier alpha value is -0.820. The van der Waals surface area contributed by atoms with E-state index in [4.69, 9.17) is 22.1 Å². The molecule has 1 fully saturated rings. The van der Waals surface area contributed by atoms with Crippen LogP contribution in [0.1, 0.15) is 25.7 Å². The fourth-order valence-corrected chi connectivity index (χ4v) is 4.50. The van der Waals surface area contributed by atoms with Crippen LogP contribution in [0.5, 0.6) is 5.75 Å². The molecule has 1 aromatic carbocycles. The van der Waals surface area contributed by atoms with Gasteiger partial charge in [0.2, 0.25) is 10.0 Å². The van der Waals surface area contributed by atoms with E-state index in [0.717, 1.165) is 25.7 Å². The van der Waals surface area contributed by atoms with E-state index in [1.54, 1.807) is 12.1 Å². The van der Waals surface area contributed by atoms with Crippen LogP contribution in [0.15, 0.2) is 23.1 Å². The Bertz CT molecular complexity index is 583. The van der Waals surface area contributed by atoms with E-state index < -0.39 is 15.6 Å². The summed E-state index contributed by atoms with van der Waals surface area (Å²) in [5.74, 6) is 0.270. The number of benzene rings is 1. The van der Waals surface area contributed by atoms with E-state index in [2.05, 4.69) is 4.72 Å². The van der Waals surface area contributed by atoms with Crippen LogP contribution in [0.3, 0.4) is 0 Å². The molecule has 1 saturated carbocycles. The third kappa shape index (κ3) is 3.09. The molecule has 1 aliphatic carbocycles. The molecule has 0 bridgehead atoms. The molecular weight excluding hydrogens is 300 g/mol. The average Bonchev–Trinajstić information content (AvgIpc) is 2.87. The standard InChI is InChI=1S/C13H19ClN2O3S/c1-19-11-5-4-10(14)8-12(11)20(17,18)16-13(9-15)6-2-3-7-13/h4-5,8,16H,2-3,6-7,9,15H2,1H3. The molecule has 0 aliphatic heterocycles. The SMILES string of the molecule is COc1ccc(Cl)cc1S(=O)(=O)NC1(CN)CCCC1. The summed E-state index contributed by atoms with van der Waals surface area (Å²) in [4.78, 5) is 0.0484. The quantitative estimate of drug-likeness (QED) is 0.868. The molecule has 7 heteroatoms. The molecule has 0 unspecified atom stereocenters. The van der Waals surface area contributed by atoms with Crippen molar-refractivity contribution in [3.63, 3.8) is 0 Å². The molecule has 0 spiro atoms. The maximum atomic E-state index is 12.6. The summed E-state index contributed by atoms with van der Waals surface area (Å²) >= 11 is 5.89. The van der Waals surface area contributed by atoms with Gasteiger partial charge in [0.15, 0.2) is 0 Å². The van der Waals surface area contributed by atoms with Gasteiger partial charge in [-0.3, -0.25) is 0 Å². The van der Waals surface area contributed by atoms with E-state index in [9.17, 15) is 8.42 Å². The first-order valence-electron chi connectivity index (χ1n) is 6.50. The molecule has 3 N–H and O–H groups in total. The van der Waals surface area contributed by atoms with Gasteiger partial charge in [-0.15, -0.1) is 0 Å². The number of halogens is 1. The zero-order chi connectivity index (χ0) is 14.8. The minimum Gasteiger partial charge on any atom is -0.495 e. The molecule has 2 rings (SSSR count). The Balaban J connectivity index is 2.37. The Kier molecular flexibility index (Phi) is 4.59. The highest BCUT2D eigenvalue weighted by Crippen LogP contribution is 2.33. The zero-order valence-corrected chi connectivity index (χ0v) is 12.9. The van der Waals surface area contributed by atoms with Crippen LogP contribution in [0.4, 0.5) is 0 Å². The second-order valence-corrected chi connectivity index (χ2v) is 7.18. The van der Waals surface area contributed by atoms with Gasteiger partial charge in [-0.05, 0) is 31.0 Å². The second kappa shape index (κ2) is 5.89. The van der Waals surface area contributed by atoms with Crippen molar-refractivity contribution in [2.45, 2.75) is 36.1 Å². The normalized spacial score (nSPS) is 18.1.